The van der Waals surface area contributed by atoms with Gasteiger partial charge in [-0.1, -0.05) is 0 Å². The van der Waals surface area contributed by atoms with Crippen molar-refractivity contribution in [3.63, 3.8) is 0 Å². The first-order chi connectivity index (χ1) is 8.11. The molecule has 0 fully saturated rings. The van der Waals surface area contributed by atoms with Gasteiger partial charge in [0, 0.05) is 5.56 Å². The summed E-state index contributed by atoms with van der Waals surface area (Å²) in [7, 11) is 1.26. The second kappa shape index (κ2) is 4.93. The molecular formula is C11H7BrFNO2S. The Balaban J connectivity index is 2.53. The van der Waals surface area contributed by atoms with Crippen LogP contribution in [0.3, 0.4) is 0 Å². The Labute approximate surface area is 109 Å². The summed E-state index contributed by atoms with van der Waals surface area (Å²) in [5, 5.41) is 0. The van der Waals surface area contributed by atoms with Crippen LogP contribution >= 0.6 is 27.3 Å². The fraction of sp³-hybridized carbons (Fsp3) is 0.0909. The van der Waals surface area contributed by atoms with Crippen LogP contribution in [0.2, 0.25) is 0 Å². The SMILES string of the molecule is COC(=O)c1cc(F)cc(-c2ncsc2Br)c1. The predicted octanol–water partition coefficient (Wildman–Crippen LogP) is 3.50. The van der Waals surface area contributed by atoms with Gasteiger partial charge in [-0.15, -0.1) is 11.3 Å². The van der Waals surface area contributed by atoms with E-state index in [0.29, 0.717) is 11.3 Å². The Morgan fingerprint density at radius 1 is 1.47 bits per heavy atom. The first-order valence-corrected chi connectivity index (χ1v) is 6.27. The summed E-state index contributed by atoms with van der Waals surface area (Å²) in [4.78, 5) is 15.5. The van der Waals surface area contributed by atoms with E-state index in [4.69, 9.17) is 0 Å². The van der Waals surface area contributed by atoms with Crippen LogP contribution in [0.1, 0.15) is 10.4 Å². The summed E-state index contributed by atoms with van der Waals surface area (Å²) in [5.74, 6) is -1.07. The maximum Gasteiger partial charge on any atom is 0.337 e. The van der Waals surface area contributed by atoms with Crippen molar-refractivity contribution in [1.29, 1.82) is 0 Å². The molecular weight excluding hydrogens is 309 g/mol. The van der Waals surface area contributed by atoms with E-state index in [1.54, 1.807) is 11.6 Å². The monoisotopic (exact) mass is 315 g/mol. The van der Waals surface area contributed by atoms with Crippen LogP contribution < -0.4 is 0 Å². The van der Waals surface area contributed by atoms with Crippen molar-refractivity contribution in [1.82, 2.24) is 4.98 Å². The van der Waals surface area contributed by atoms with E-state index in [-0.39, 0.29) is 5.56 Å². The molecule has 2 aromatic rings. The molecule has 0 saturated carbocycles. The number of benzene rings is 1. The number of ether oxygens (including phenoxy) is 1. The van der Waals surface area contributed by atoms with E-state index in [0.717, 1.165) is 9.85 Å². The molecule has 0 spiro atoms. The van der Waals surface area contributed by atoms with E-state index < -0.39 is 11.8 Å². The highest BCUT2D eigenvalue weighted by Crippen LogP contribution is 2.31. The summed E-state index contributed by atoms with van der Waals surface area (Å²) < 4.78 is 18.7. The summed E-state index contributed by atoms with van der Waals surface area (Å²) in [5.41, 5.74) is 2.96. The van der Waals surface area contributed by atoms with Crippen LogP contribution in [0.4, 0.5) is 4.39 Å². The van der Waals surface area contributed by atoms with Gasteiger partial charge in [0.15, 0.2) is 0 Å². The number of carbonyl (C=O) groups excluding carboxylic acids is 1. The summed E-state index contributed by atoms with van der Waals surface area (Å²) in [6.07, 6.45) is 0. The Kier molecular flexibility index (Phi) is 3.54. The van der Waals surface area contributed by atoms with Crippen molar-refractivity contribution in [3.05, 3.63) is 38.9 Å². The van der Waals surface area contributed by atoms with Gasteiger partial charge in [0.25, 0.3) is 0 Å². The van der Waals surface area contributed by atoms with Crippen molar-refractivity contribution in [2.75, 3.05) is 7.11 Å². The zero-order chi connectivity index (χ0) is 12.4. The molecule has 0 aliphatic rings. The van der Waals surface area contributed by atoms with Crippen LogP contribution in [-0.2, 0) is 4.74 Å². The smallest absolute Gasteiger partial charge is 0.337 e. The van der Waals surface area contributed by atoms with Crippen molar-refractivity contribution in [3.8, 4) is 11.3 Å². The highest BCUT2D eigenvalue weighted by atomic mass is 79.9. The lowest BCUT2D eigenvalue weighted by Crippen LogP contribution is -2.02. The van der Waals surface area contributed by atoms with E-state index >= 15 is 0 Å². The van der Waals surface area contributed by atoms with Crippen molar-refractivity contribution in [2.45, 2.75) is 0 Å². The minimum absolute atomic E-state index is 0.169. The molecule has 1 aromatic carbocycles. The molecule has 88 valence electrons. The number of nitrogens with zero attached hydrogens (tertiary/aromatic N) is 1. The van der Waals surface area contributed by atoms with Gasteiger partial charge >= 0.3 is 5.97 Å². The van der Waals surface area contributed by atoms with Gasteiger partial charge in [-0.25, -0.2) is 14.2 Å². The van der Waals surface area contributed by atoms with Gasteiger partial charge in [0.05, 0.1) is 27.7 Å². The Morgan fingerprint density at radius 3 is 2.82 bits per heavy atom. The zero-order valence-corrected chi connectivity index (χ0v) is 11.1. The van der Waals surface area contributed by atoms with Crippen LogP contribution in [0.25, 0.3) is 11.3 Å². The number of halogens is 2. The minimum atomic E-state index is -0.572. The lowest BCUT2D eigenvalue weighted by atomic mass is 10.1. The first-order valence-electron chi connectivity index (χ1n) is 4.60. The fourth-order valence-electron chi connectivity index (χ4n) is 1.38. The Bertz CT molecular complexity index is 570. The second-order valence-electron chi connectivity index (χ2n) is 3.19. The standard InChI is InChI=1S/C11H7BrFNO2S/c1-16-11(15)7-2-6(3-8(13)4-7)9-10(12)17-5-14-9/h2-5H,1H3. The Hall–Kier alpha value is -1.27. The van der Waals surface area contributed by atoms with Crippen LogP contribution in [0.5, 0.6) is 0 Å². The lowest BCUT2D eigenvalue weighted by molar-refractivity contribution is 0.0600. The fourth-order valence-corrected chi connectivity index (χ4v) is 2.50. The number of hydrogen-bond acceptors (Lipinski definition) is 4. The third-order valence-electron chi connectivity index (χ3n) is 2.12. The van der Waals surface area contributed by atoms with Crippen molar-refractivity contribution in [2.24, 2.45) is 0 Å². The number of thiazole rings is 1. The topological polar surface area (TPSA) is 39.2 Å². The lowest BCUT2D eigenvalue weighted by Gasteiger charge is -2.03. The first kappa shape index (κ1) is 12.2. The molecule has 0 bridgehead atoms. The van der Waals surface area contributed by atoms with Gasteiger partial charge in [-0.05, 0) is 34.1 Å². The average Bonchev–Trinajstić information content (AvgIpc) is 2.73. The number of hydrogen-bond donors (Lipinski definition) is 0. The molecule has 1 aromatic heterocycles. The normalized spacial score (nSPS) is 10.3. The molecule has 0 atom stereocenters. The highest BCUT2D eigenvalue weighted by molar-refractivity contribution is 9.11. The molecule has 0 saturated heterocycles. The quantitative estimate of drug-likeness (QED) is 0.796. The second-order valence-corrected chi connectivity index (χ2v) is 5.37. The third-order valence-corrected chi connectivity index (χ3v) is 3.66. The van der Waals surface area contributed by atoms with Crippen LogP contribution in [0.15, 0.2) is 27.5 Å². The molecule has 0 amide bonds. The van der Waals surface area contributed by atoms with E-state index in [1.165, 1.54) is 24.5 Å². The predicted molar refractivity (Wildman–Crippen MR) is 66.5 cm³/mol. The largest absolute Gasteiger partial charge is 0.465 e. The van der Waals surface area contributed by atoms with Crippen molar-refractivity contribution >= 4 is 33.2 Å². The molecule has 0 N–H and O–H groups in total. The molecule has 2 rings (SSSR count). The maximum absolute atomic E-state index is 13.4. The average molecular weight is 316 g/mol. The summed E-state index contributed by atoms with van der Waals surface area (Å²) in [6.45, 7) is 0. The summed E-state index contributed by atoms with van der Waals surface area (Å²) in [6, 6.07) is 4.01. The zero-order valence-electron chi connectivity index (χ0n) is 8.74. The van der Waals surface area contributed by atoms with Gasteiger partial charge < -0.3 is 4.74 Å². The number of esters is 1. The van der Waals surface area contributed by atoms with Gasteiger partial charge in [0.2, 0.25) is 0 Å². The number of rotatable bonds is 2. The van der Waals surface area contributed by atoms with E-state index in [9.17, 15) is 9.18 Å². The van der Waals surface area contributed by atoms with Crippen LogP contribution in [-0.4, -0.2) is 18.1 Å². The van der Waals surface area contributed by atoms with E-state index in [1.807, 2.05) is 0 Å². The summed E-state index contributed by atoms with van der Waals surface area (Å²) >= 11 is 4.72. The van der Waals surface area contributed by atoms with E-state index in [2.05, 4.69) is 25.7 Å². The molecule has 0 radical (unpaired) electrons. The molecule has 3 nitrogen and oxygen atoms in total. The molecule has 17 heavy (non-hydrogen) atoms. The molecule has 1 heterocycles. The molecule has 0 unspecified atom stereocenters. The molecule has 6 heteroatoms. The third kappa shape index (κ3) is 2.53. The maximum atomic E-state index is 13.4. The number of methoxy groups -OCH3 is 1. The van der Waals surface area contributed by atoms with Gasteiger partial charge in [-0.3, -0.25) is 0 Å². The number of carbonyl (C=O) groups is 1. The van der Waals surface area contributed by atoms with Gasteiger partial charge in [-0.2, -0.15) is 0 Å². The molecule has 0 aliphatic heterocycles. The van der Waals surface area contributed by atoms with Crippen molar-refractivity contribution < 1.29 is 13.9 Å². The number of aromatic nitrogens is 1. The molecule has 0 aliphatic carbocycles. The minimum Gasteiger partial charge on any atom is -0.465 e. The highest BCUT2D eigenvalue weighted by Gasteiger charge is 2.13. The Morgan fingerprint density at radius 2 is 2.24 bits per heavy atom. The van der Waals surface area contributed by atoms with Crippen LogP contribution in [0, 0.1) is 5.82 Å². The van der Waals surface area contributed by atoms with Gasteiger partial charge in [0.1, 0.15) is 5.82 Å².